The maximum atomic E-state index is 12.8. The summed E-state index contributed by atoms with van der Waals surface area (Å²) in [5.41, 5.74) is 1.06. The fourth-order valence-corrected chi connectivity index (χ4v) is 2.25. The molecule has 28 heavy (non-hydrogen) atoms. The van der Waals surface area contributed by atoms with Gasteiger partial charge in [0.2, 0.25) is 0 Å². The van der Waals surface area contributed by atoms with Gasteiger partial charge in [0.05, 0.1) is 10.5 Å². The van der Waals surface area contributed by atoms with E-state index >= 15 is 0 Å². The highest BCUT2D eigenvalue weighted by Crippen LogP contribution is 2.29. The number of pyridine rings is 1. The van der Waals surface area contributed by atoms with Gasteiger partial charge >= 0.3 is 6.18 Å². The van der Waals surface area contributed by atoms with Crippen molar-refractivity contribution in [1.82, 2.24) is 15.4 Å². The predicted octanol–water partition coefficient (Wildman–Crippen LogP) is 1.89. The Labute approximate surface area is 158 Å². The van der Waals surface area contributed by atoms with E-state index < -0.39 is 45.6 Å². The molecule has 2 amide bonds. The Bertz CT molecular complexity index is 1010. The Morgan fingerprint density at radius 3 is 2.50 bits per heavy atom. The number of nitrogens with zero attached hydrogens (tertiary/aromatic N) is 2. The van der Waals surface area contributed by atoms with E-state index in [0.29, 0.717) is 16.8 Å². The number of amides is 2. The first-order chi connectivity index (χ1) is 13.0. The maximum absolute atomic E-state index is 12.8. The lowest BCUT2D eigenvalue weighted by atomic mass is 10.2. The maximum Gasteiger partial charge on any atom is 0.417 e. The average Bonchev–Trinajstić information content (AvgIpc) is 2.62. The number of benzene rings is 1. The van der Waals surface area contributed by atoms with Crippen LogP contribution in [0, 0.1) is 10.1 Å². The molecule has 0 aliphatic carbocycles. The van der Waals surface area contributed by atoms with E-state index in [1.54, 1.807) is 0 Å². The van der Waals surface area contributed by atoms with Gasteiger partial charge in [-0.25, -0.2) is 0 Å². The zero-order chi connectivity index (χ0) is 21.1. The van der Waals surface area contributed by atoms with E-state index in [0.717, 1.165) is 12.1 Å². The summed E-state index contributed by atoms with van der Waals surface area (Å²) < 4.78 is 38.7. The number of aromatic nitrogens is 1. The molecule has 2 aromatic rings. The van der Waals surface area contributed by atoms with Crippen LogP contribution < -0.4 is 16.4 Å². The number of alkyl halides is 3. The number of nitro groups is 1. The van der Waals surface area contributed by atoms with E-state index in [4.69, 9.17) is 11.6 Å². The van der Waals surface area contributed by atoms with Gasteiger partial charge in [-0.2, -0.15) is 13.2 Å². The topological polar surface area (TPSA) is 123 Å². The van der Waals surface area contributed by atoms with Crippen molar-refractivity contribution in [3.8, 4) is 0 Å². The molecule has 0 fully saturated rings. The molecular weight excluding hydrogens is 409 g/mol. The SMILES string of the molecule is O=C(Cn1cc(C(F)(F)F)cc(Cl)c1=O)NNC(=O)c1cccc([N+](=O)[O-])c1. The molecule has 0 unspecified atom stereocenters. The standard InChI is InChI=1S/C15H10ClF3N4O5/c16-11-5-9(15(17,18)19)6-22(14(11)26)7-12(24)20-21-13(25)8-2-1-3-10(4-8)23(27)28/h1-6H,7H2,(H,20,24)(H,21,25). The largest absolute Gasteiger partial charge is 0.417 e. The second-order valence-corrected chi connectivity index (χ2v) is 5.72. The van der Waals surface area contributed by atoms with E-state index in [1.807, 2.05) is 10.9 Å². The van der Waals surface area contributed by atoms with Crippen molar-refractivity contribution in [3.63, 3.8) is 0 Å². The Morgan fingerprint density at radius 1 is 1.21 bits per heavy atom. The van der Waals surface area contributed by atoms with Crippen molar-refractivity contribution in [2.45, 2.75) is 12.7 Å². The highest BCUT2D eigenvalue weighted by atomic mass is 35.5. The molecule has 2 rings (SSSR count). The average molecular weight is 419 g/mol. The third-order valence-corrected chi connectivity index (χ3v) is 3.59. The summed E-state index contributed by atoms with van der Waals surface area (Å²) >= 11 is 5.47. The van der Waals surface area contributed by atoms with Gasteiger partial charge < -0.3 is 4.57 Å². The van der Waals surface area contributed by atoms with Crippen LogP contribution in [0.2, 0.25) is 5.02 Å². The first-order valence-corrected chi connectivity index (χ1v) is 7.67. The van der Waals surface area contributed by atoms with Crippen molar-refractivity contribution in [1.29, 1.82) is 0 Å². The number of rotatable bonds is 4. The van der Waals surface area contributed by atoms with Crippen LogP contribution in [0.4, 0.5) is 18.9 Å². The summed E-state index contributed by atoms with van der Waals surface area (Å²) in [7, 11) is 0. The number of hydrogen-bond acceptors (Lipinski definition) is 5. The Kier molecular flexibility index (Phi) is 6.03. The first kappa shape index (κ1) is 20.9. The Morgan fingerprint density at radius 2 is 1.89 bits per heavy atom. The number of hydrazine groups is 1. The molecule has 0 bridgehead atoms. The number of nitro benzene ring substituents is 1. The summed E-state index contributed by atoms with van der Waals surface area (Å²) in [5, 5.41) is 9.95. The van der Waals surface area contributed by atoms with Crippen molar-refractivity contribution >= 4 is 29.1 Å². The summed E-state index contributed by atoms with van der Waals surface area (Å²) in [5.74, 6) is -1.94. The van der Waals surface area contributed by atoms with Crippen LogP contribution >= 0.6 is 11.6 Å². The van der Waals surface area contributed by atoms with Gasteiger partial charge in [0.25, 0.3) is 23.1 Å². The second kappa shape index (κ2) is 8.08. The molecule has 148 valence electrons. The zero-order valence-electron chi connectivity index (χ0n) is 13.6. The molecule has 0 saturated heterocycles. The minimum atomic E-state index is -4.79. The monoisotopic (exact) mass is 418 g/mol. The highest BCUT2D eigenvalue weighted by Gasteiger charge is 2.32. The first-order valence-electron chi connectivity index (χ1n) is 7.30. The molecule has 0 spiro atoms. The molecule has 0 radical (unpaired) electrons. The van der Waals surface area contributed by atoms with E-state index in [1.165, 1.54) is 12.1 Å². The van der Waals surface area contributed by atoms with Crippen LogP contribution in [0.25, 0.3) is 0 Å². The van der Waals surface area contributed by atoms with Crippen molar-refractivity contribution in [2.75, 3.05) is 0 Å². The highest BCUT2D eigenvalue weighted by molar-refractivity contribution is 6.30. The number of nitrogens with one attached hydrogen (secondary N) is 2. The fraction of sp³-hybridized carbons (Fsp3) is 0.133. The molecule has 1 heterocycles. The number of non-ortho nitro benzene ring substituents is 1. The summed E-state index contributed by atoms with van der Waals surface area (Å²) in [4.78, 5) is 45.5. The third kappa shape index (κ3) is 5.07. The Hall–Kier alpha value is -3.41. The molecule has 0 atom stereocenters. The van der Waals surface area contributed by atoms with E-state index in [2.05, 4.69) is 0 Å². The lowest BCUT2D eigenvalue weighted by Gasteiger charge is -2.12. The second-order valence-electron chi connectivity index (χ2n) is 5.32. The minimum absolute atomic E-state index is 0.145. The predicted molar refractivity (Wildman–Crippen MR) is 89.4 cm³/mol. The van der Waals surface area contributed by atoms with Gasteiger partial charge in [-0.1, -0.05) is 17.7 Å². The summed E-state index contributed by atoms with van der Waals surface area (Å²) in [6.45, 7) is -0.863. The summed E-state index contributed by atoms with van der Waals surface area (Å²) in [6.07, 6.45) is -4.37. The molecule has 1 aromatic carbocycles. The zero-order valence-corrected chi connectivity index (χ0v) is 14.4. The molecule has 13 heteroatoms. The molecule has 0 aliphatic heterocycles. The van der Waals surface area contributed by atoms with Gasteiger partial charge in [0.1, 0.15) is 11.6 Å². The molecule has 9 nitrogen and oxygen atoms in total. The molecule has 2 N–H and O–H groups in total. The van der Waals surface area contributed by atoms with Crippen molar-refractivity contribution in [2.24, 2.45) is 0 Å². The third-order valence-electron chi connectivity index (χ3n) is 3.32. The normalized spacial score (nSPS) is 11.0. The van der Waals surface area contributed by atoms with Crippen molar-refractivity contribution in [3.05, 3.63) is 73.1 Å². The number of halogens is 4. The van der Waals surface area contributed by atoms with Gasteiger partial charge in [-0.15, -0.1) is 0 Å². The fourth-order valence-electron chi connectivity index (χ4n) is 2.03. The quantitative estimate of drug-likeness (QED) is 0.579. The number of carbonyl (C=O) groups excluding carboxylic acids is 2. The summed E-state index contributed by atoms with van der Waals surface area (Å²) in [6, 6.07) is 5.03. The van der Waals surface area contributed by atoms with Gasteiger partial charge in [-0.05, 0) is 12.1 Å². The van der Waals surface area contributed by atoms with Crippen LogP contribution in [0.5, 0.6) is 0 Å². The van der Waals surface area contributed by atoms with Gasteiger partial charge in [0.15, 0.2) is 0 Å². The van der Waals surface area contributed by atoms with Crippen LogP contribution in [0.3, 0.4) is 0 Å². The molecule has 0 saturated carbocycles. The van der Waals surface area contributed by atoms with E-state index in [9.17, 15) is 37.7 Å². The molecule has 0 aliphatic rings. The van der Waals surface area contributed by atoms with Crippen LogP contribution in [0.1, 0.15) is 15.9 Å². The van der Waals surface area contributed by atoms with Gasteiger partial charge in [-0.3, -0.25) is 35.3 Å². The minimum Gasteiger partial charge on any atom is -0.304 e. The Balaban J connectivity index is 2.08. The van der Waals surface area contributed by atoms with E-state index in [-0.39, 0.29) is 11.3 Å². The van der Waals surface area contributed by atoms with Crippen LogP contribution in [-0.2, 0) is 17.5 Å². The lowest BCUT2D eigenvalue weighted by Crippen LogP contribution is -2.44. The number of carbonyl (C=O) groups is 2. The molecular formula is C15H10ClF3N4O5. The smallest absolute Gasteiger partial charge is 0.304 e. The number of hydrogen-bond donors (Lipinski definition) is 2. The molecule has 1 aromatic heterocycles. The van der Waals surface area contributed by atoms with Crippen molar-refractivity contribution < 1.29 is 27.7 Å². The van der Waals surface area contributed by atoms with Gasteiger partial charge in [0, 0.05) is 23.9 Å². The lowest BCUT2D eigenvalue weighted by molar-refractivity contribution is -0.384. The van der Waals surface area contributed by atoms with Crippen LogP contribution in [0.15, 0.2) is 41.3 Å². The van der Waals surface area contributed by atoms with Crippen LogP contribution in [-0.4, -0.2) is 21.3 Å².